The van der Waals surface area contributed by atoms with Crippen LogP contribution in [-0.2, 0) is 17.9 Å². The van der Waals surface area contributed by atoms with Crippen molar-refractivity contribution in [2.75, 3.05) is 5.32 Å². The molecule has 1 aromatic heterocycles. The first-order chi connectivity index (χ1) is 11.1. The molecule has 1 saturated carbocycles. The standard InChI is InChI=1S/C16H18N4O3/c21-15(19-13-4-5-13)10-20-9-14(8-18-20)17-7-11-2-1-3-12(6-11)16(22)23/h1-3,6,8-9,13,17H,4-5,7,10H2,(H,19,21)(H,22,23). The van der Waals surface area contributed by atoms with E-state index < -0.39 is 5.97 Å². The average Bonchev–Trinajstić information content (AvgIpc) is 3.22. The fraction of sp³-hybridized carbons (Fsp3) is 0.312. The first kappa shape index (κ1) is 15.1. The fourth-order valence-corrected chi connectivity index (χ4v) is 2.21. The van der Waals surface area contributed by atoms with Gasteiger partial charge in [0.25, 0.3) is 0 Å². The van der Waals surface area contributed by atoms with Crippen molar-refractivity contribution in [3.8, 4) is 0 Å². The molecule has 0 aliphatic heterocycles. The summed E-state index contributed by atoms with van der Waals surface area (Å²) >= 11 is 0. The molecule has 23 heavy (non-hydrogen) atoms. The van der Waals surface area contributed by atoms with Gasteiger partial charge in [-0.2, -0.15) is 5.10 Å². The molecule has 7 heteroatoms. The number of aromatic nitrogens is 2. The van der Waals surface area contributed by atoms with Crippen molar-refractivity contribution in [2.24, 2.45) is 0 Å². The van der Waals surface area contributed by atoms with Crippen LogP contribution < -0.4 is 10.6 Å². The van der Waals surface area contributed by atoms with E-state index in [9.17, 15) is 9.59 Å². The van der Waals surface area contributed by atoms with Gasteiger partial charge in [0.2, 0.25) is 5.91 Å². The van der Waals surface area contributed by atoms with E-state index in [0.29, 0.717) is 12.6 Å². The van der Waals surface area contributed by atoms with Gasteiger partial charge in [0, 0.05) is 18.8 Å². The molecule has 2 aromatic rings. The van der Waals surface area contributed by atoms with Crippen LogP contribution >= 0.6 is 0 Å². The van der Waals surface area contributed by atoms with E-state index in [2.05, 4.69) is 15.7 Å². The van der Waals surface area contributed by atoms with Crippen LogP contribution in [0.2, 0.25) is 0 Å². The molecule has 1 aliphatic rings. The average molecular weight is 314 g/mol. The summed E-state index contributed by atoms with van der Waals surface area (Å²) in [6.07, 6.45) is 5.53. The molecule has 0 unspecified atom stereocenters. The number of nitrogens with zero attached hydrogens (tertiary/aromatic N) is 2. The molecule has 0 atom stereocenters. The normalized spacial score (nSPS) is 13.6. The van der Waals surface area contributed by atoms with Gasteiger partial charge < -0.3 is 15.7 Å². The van der Waals surface area contributed by atoms with Crippen LogP contribution in [-0.4, -0.2) is 32.8 Å². The molecule has 3 rings (SSSR count). The number of carbonyl (C=O) groups excluding carboxylic acids is 1. The number of anilines is 1. The van der Waals surface area contributed by atoms with Crippen LogP contribution in [0.25, 0.3) is 0 Å². The Morgan fingerprint density at radius 1 is 1.35 bits per heavy atom. The van der Waals surface area contributed by atoms with Gasteiger partial charge >= 0.3 is 5.97 Å². The van der Waals surface area contributed by atoms with Crippen molar-refractivity contribution in [1.82, 2.24) is 15.1 Å². The van der Waals surface area contributed by atoms with Crippen LogP contribution in [0.1, 0.15) is 28.8 Å². The smallest absolute Gasteiger partial charge is 0.335 e. The number of hydrogen-bond donors (Lipinski definition) is 3. The molecule has 120 valence electrons. The van der Waals surface area contributed by atoms with E-state index in [-0.39, 0.29) is 18.0 Å². The van der Waals surface area contributed by atoms with Gasteiger partial charge in [0.05, 0.1) is 17.4 Å². The Labute approximate surface area is 133 Å². The quantitative estimate of drug-likeness (QED) is 0.719. The summed E-state index contributed by atoms with van der Waals surface area (Å²) in [7, 11) is 0. The number of nitrogens with one attached hydrogen (secondary N) is 2. The van der Waals surface area contributed by atoms with Gasteiger partial charge in [0.1, 0.15) is 6.54 Å². The maximum atomic E-state index is 11.7. The topological polar surface area (TPSA) is 96.2 Å². The predicted octanol–water partition coefficient (Wildman–Crippen LogP) is 1.47. The number of carbonyl (C=O) groups is 2. The Morgan fingerprint density at radius 2 is 2.17 bits per heavy atom. The summed E-state index contributed by atoms with van der Waals surface area (Å²) in [4.78, 5) is 22.6. The van der Waals surface area contributed by atoms with E-state index in [1.807, 2.05) is 6.07 Å². The van der Waals surface area contributed by atoms with Crippen molar-refractivity contribution in [3.05, 3.63) is 47.8 Å². The molecule has 0 radical (unpaired) electrons. The summed E-state index contributed by atoms with van der Waals surface area (Å²) in [5, 5.41) is 19.2. The molecule has 1 amide bonds. The Bertz CT molecular complexity index is 722. The third-order valence-electron chi connectivity index (χ3n) is 3.55. The van der Waals surface area contributed by atoms with Crippen molar-refractivity contribution in [3.63, 3.8) is 0 Å². The minimum atomic E-state index is -0.943. The van der Waals surface area contributed by atoms with Crippen molar-refractivity contribution in [2.45, 2.75) is 32.0 Å². The summed E-state index contributed by atoms with van der Waals surface area (Å²) in [6, 6.07) is 7.10. The lowest BCUT2D eigenvalue weighted by atomic mass is 10.1. The van der Waals surface area contributed by atoms with Crippen molar-refractivity contribution in [1.29, 1.82) is 0 Å². The van der Waals surface area contributed by atoms with E-state index in [0.717, 1.165) is 24.1 Å². The summed E-state index contributed by atoms with van der Waals surface area (Å²) < 4.78 is 1.58. The molecular weight excluding hydrogens is 296 g/mol. The number of hydrogen-bond acceptors (Lipinski definition) is 4. The molecule has 0 spiro atoms. The minimum absolute atomic E-state index is 0.0312. The lowest BCUT2D eigenvalue weighted by Gasteiger charge is -2.05. The fourth-order valence-electron chi connectivity index (χ4n) is 2.21. The number of carboxylic acids is 1. The van der Waals surface area contributed by atoms with E-state index in [4.69, 9.17) is 5.11 Å². The highest BCUT2D eigenvalue weighted by molar-refractivity contribution is 5.87. The van der Waals surface area contributed by atoms with Crippen LogP contribution in [0.3, 0.4) is 0 Å². The van der Waals surface area contributed by atoms with Crippen LogP contribution in [0, 0.1) is 0 Å². The zero-order valence-corrected chi connectivity index (χ0v) is 12.5. The predicted molar refractivity (Wildman–Crippen MR) is 84.1 cm³/mol. The lowest BCUT2D eigenvalue weighted by molar-refractivity contribution is -0.122. The largest absolute Gasteiger partial charge is 0.478 e. The van der Waals surface area contributed by atoms with Gasteiger partial charge in [-0.15, -0.1) is 0 Å². The van der Waals surface area contributed by atoms with Gasteiger partial charge in [-0.3, -0.25) is 9.48 Å². The lowest BCUT2D eigenvalue weighted by Crippen LogP contribution is -2.29. The second-order valence-electron chi connectivity index (χ2n) is 5.63. The molecular formula is C16H18N4O3. The number of carboxylic acid groups (broad SMARTS) is 1. The minimum Gasteiger partial charge on any atom is -0.478 e. The van der Waals surface area contributed by atoms with Gasteiger partial charge in [0.15, 0.2) is 0 Å². The third kappa shape index (κ3) is 4.32. The van der Waals surface area contributed by atoms with Crippen LogP contribution in [0.5, 0.6) is 0 Å². The highest BCUT2D eigenvalue weighted by Crippen LogP contribution is 2.18. The molecule has 0 saturated heterocycles. The monoisotopic (exact) mass is 314 g/mol. The van der Waals surface area contributed by atoms with Crippen molar-refractivity contribution < 1.29 is 14.7 Å². The van der Waals surface area contributed by atoms with Crippen LogP contribution in [0.4, 0.5) is 5.69 Å². The zero-order valence-electron chi connectivity index (χ0n) is 12.5. The highest BCUT2D eigenvalue weighted by atomic mass is 16.4. The van der Waals surface area contributed by atoms with Crippen LogP contribution in [0.15, 0.2) is 36.7 Å². The summed E-state index contributed by atoms with van der Waals surface area (Å²) in [5.74, 6) is -0.974. The Balaban J connectivity index is 1.53. The summed E-state index contributed by atoms with van der Waals surface area (Å²) in [6.45, 7) is 0.688. The highest BCUT2D eigenvalue weighted by Gasteiger charge is 2.23. The van der Waals surface area contributed by atoms with E-state index in [1.54, 1.807) is 35.3 Å². The molecule has 1 fully saturated rings. The first-order valence-electron chi connectivity index (χ1n) is 7.48. The molecule has 1 heterocycles. The molecule has 1 aromatic carbocycles. The molecule has 1 aliphatic carbocycles. The maximum absolute atomic E-state index is 11.7. The molecule has 7 nitrogen and oxygen atoms in total. The zero-order chi connectivity index (χ0) is 16.2. The molecule has 3 N–H and O–H groups in total. The number of amides is 1. The summed E-state index contributed by atoms with van der Waals surface area (Å²) in [5.41, 5.74) is 1.91. The van der Waals surface area contributed by atoms with E-state index >= 15 is 0 Å². The SMILES string of the molecule is O=C(Cn1cc(NCc2cccc(C(=O)O)c2)cn1)NC1CC1. The number of benzene rings is 1. The number of rotatable bonds is 7. The maximum Gasteiger partial charge on any atom is 0.335 e. The molecule has 0 bridgehead atoms. The second kappa shape index (κ2) is 6.51. The van der Waals surface area contributed by atoms with E-state index in [1.165, 1.54) is 0 Å². The third-order valence-corrected chi connectivity index (χ3v) is 3.55. The Morgan fingerprint density at radius 3 is 2.91 bits per heavy atom. The van der Waals surface area contributed by atoms with Gasteiger partial charge in [-0.1, -0.05) is 12.1 Å². The first-order valence-corrected chi connectivity index (χ1v) is 7.48. The second-order valence-corrected chi connectivity index (χ2v) is 5.63. The Hall–Kier alpha value is -2.83. The van der Waals surface area contributed by atoms with Gasteiger partial charge in [-0.25, -0.2) is 4.79 Å². The van der Waals surface area contributed by atoms with Crippen molar-refractivity contribution >= 4 is 17.6 Å². The Kier molecular flexibility index (Phi) is 4.27. The van der Waals surface area contributed by atoms with Gasteiger partial charge in [-0.05, 0) is 30.5 Å². The number of aromatic carboxylic acids is 1.